The zero-order valence-electron chi connectivity index (χ0n) is 12.9. The molecule has 0 spiro atoms. The first-order chi connectivity index (χ1) is 10.6. The van der Waals surface area contributed by atoms with Crippen molar-refractivity contribution in [1.29, 1.82) is 0 Å². The molecule has 2 N–H and O–H groups in total. The second-order valence-corrected chi connectivity index (χ2v) is 6.99. The summed E-state index contributed by atoms with van der Waals surface area (Å²) in [5.41, 5.74) is 3.27. The number of H-pyrrole nitrogens is 1. The van der Waals surface area contributed by atoms with Crippen LogP contribution in [0, 0.1) is 0 Å². The van der Waals surface area contributed by atoms with Gasteiger partial charge in [-0.1, -0.05) is 12.1 Å². The van der Waals surface area contributed by atoms with E-state index in [9.17, 15) is 4.21 Å². The smallest absolute Gasteiger partial charge is 0.157 e. The molecule has 1 aromatic carbocycles. The van der Waals surface area contributed by atoms with E-state index in [0.29, 0.717) is 0 Å². The maximum Gasteiger partial charge on any atom is 0.157 e. The summed E-state index contributed by atoms with van der Waals surface area (Å²) >= 11 is -1.79. The number of likely N-dealkylation sites (N-methyl/N-ethyl adjacent to an activating group) is 1. The van der Waals surface area contributed by atoms with Gasteiger partial charge in [-0.25, -0.2) is 4.21 Å². The molecule has 5 nitrogen and oxygen atoms in total. The molecular formula is C16H23N3O2S. The Labute approximate surface area is 133 Å². The van der Waals surface area contributed by atoms with Crippen molar-refractivity contribution in [2.75, 3.05) is 39.8 Å². The SMILES string of the molecule is CN1CCN(CCc2c[nH]c3cc(CS(=O)O)ccc23)CC1. The topological polar surface area (TPSA) is 59.6 Å². The van der Waals surface area contributed by atoms with Crippen LogP contribution in [0.25, 0.3) is 10.9 Å². The van der Waals surface area contributed by atoms with Gasteiger partial charge in [-0.3, -0.25) is 0 Å². The molecule has 2 heterocycles. The van der Waals surface area contributed by atoms with Crippen molar-refractivity contribution in [2.45, 2.75) is 12.2 Å². The van der Waals surface area contributed by atoms with Crippen LogP contribution in [0.5, 0.6) is 0 Å². The summed E-state index contributed by atoms with van der Waals surface area (Å²) in [6.45, 7) is 5.67. The Bertz CT molecular complexity index is 662. The van der Waals surface area contributed by atoms with Crippen LogP contribution in [0.3, 0.4) is 0 Å². The standard InChI is InChI=1S/C16H23N3O2S/c1-18-6-8-19(9-7-18)5-4-14-11-17-16-10-13(12-22(20)21)2-3-15(14)16/h2-3,10-11,17H,4-9,12H2,1H3,(H,20,21). The van der Waals surface area contributed by atoms with Crippen LogP contribution in [-0.4, -0.2) is 63.3 Å². The fraction of sp³-hybridized carbons (Fsp3) is 0.500. The second kappa shape index (κ2) is 6.91. The third-order valence-corrected chi connectivity index (χ3v) is 5.00. The molecule has 1 unspecified atom stereocenters. The third-order valence-electron chi connectivity index (χ3n) is 4.42. The Balaban J connectivity index is 1.65. The van der Waals surface area contributed by atoms with Gasteiger partial charge in [0.1, 0.15) is 0 Å². The van der Waals surface area contributed by atoms with Crippen LogP contribution < -0.4 is 0 Å². The second-order valence-electron chi connectivity index (χ2n) is 6.05. The predicted molar refractivity (Wildman–Crippen MR) is 90.4 cm³/mol. The number of hydrogen-bond acceptors (Lipinski definition) is 3. The Morgan fingerprint density at radius 1 is 1.27 bits per heavy atom. The van der Waals surface area contributed by atoms with Crippen molar-refractivity contribution in [3.63, 3.8) is 0 Å². The largest absolute Gasteiger partial charge is 0.361 e. The minimum absolute atomic E-state index is 0.186. The molecule has 0 radical (unpaired) electrons. The molecule has 1 atom stereocenters. The van der Waals surface area contributed by atoms with Crippen LogP contribution in [0.4, 0.5) is 0 Å². The van der Waals surface area contributed by atoms with Gasteiger partial charge in [-0.2, -0.15) is 0 Å². The highest BCUT2D eigenvalue weighted by Crippen LogP contribution is 2.21. The molecule has 0 aliphatic carbocycles. The molecular weight excluding hydrogens is 298 g/mol. The van der Waals surface area contributed by atoms with Crippen LogP contribution in [-0.2, 0) is 23.3 Å². The van der Waals surface area contributed by atoms with Crippen molar-refractivity contribution in [1.82, 2.24) is 14.8 Å². The van der Waals surface area contributed by atoms with Crippen molar-refractivity contribution in [3.8, 4) is 0 Å². The Morgan fingerprint density at radius 3 is 2.77 bits per heavy atom. The molecule has 1 aliphatic rings. The van der Waals surface area contributed by atoms with Gasteiger partial charge in [-0.15, -0.1) is 0 Å². The lowest BCUT2D eigenvalue weighted by molar-refractivity contribution is 0.155. The van der Waals surface area contributed by atoms with Crippen molar-refractivity contribution in [3.05, 3.63) is 35.5 Å². The Hall–Kier alpha value is -1.21. The number of nitrogens with one attached hydrogen (secondary N) is 1. The first kappa shape index (κ1) is 15.7. The number of nitrogens with zero attached hydrogens (tertiary/aromatic N) is 2. The molecule has 1 fully saturated rings. The highest BCUT2D eigenvalue weighted by molar-refractivity contribution is 7.78. The van der Waals surface area contributed by atoms with E-state index in [1.54, 1.807) is 0 Å². The maximum atomic E-state index is 10.9. The Kier molecular flexibility index (Phi) is 4.93. The predicted octanol–water partition coefficient (Wildman–Crippen LogP) is 1.68. The number of benzene rings is 1. The lowest BCUT2D eigenvalue weighted by Crippen LogP contribution is -2.45. The van der Waals surface area contributed by atoms with Gasteiger partial charge in [0, 0.05) is 49.8 Å². The van der Waals surface area contributed by atoms with E-state index in [2.05, 4.69) is 34.1 Å². The van der Waals surface area contributed by atoms with E-state index >= 15 is 0 Å². The molecule has 120 valence electrons. The quantitative estimate of drug-likeness (QED) is 0.823. The molecule has 1 aromatic heterocycles. The highest BCUT2D eigenvalue weighted by Gasteiger charge is 2.14. The van der Waals surface area contributed by atoms with Gasteiger partial charge in [0.25, 0.3) is 0 Å². The molecule has 2 aromatic rings. The fourth-order valence-corrected chi connectivity index (χ4v) is 3.49. The molecule has 3 rings (SSSR count). The normalized spacial score (nSPS) is 18.8. The van der Waals surface area contributed by atoms with Gasteiger partial charge in [-0.05, 0) is 30.7 Å². The average Bonchev–Trinajstić information content (AvgIpc) is 2.88. The van der Waals surface area contributed by atoms with Crippen molar-refractivity contribution in [2.24, 2.45) is 0 Å². The lowest BCUT2D eigenvalue weighted by atomic mass is 10.1. The highest BCUT2D eigenvalue weighted by atomic mass is 32.2. The zero-order chi connectivity index (χ0) is 15.5. The van der Waals surface area contributed by atoms with Crippen molar-refractivity contribution < 1.29 is 8.76 Å². The van der Waals surface area contributed by atoms with Gasteiger partial charge >= 0.3 is 0 Å². The first-order valence-electron chi connectivity index (χ1n) is 7.69. The average molecular weight is 321 g/mol. The zero-order valence-corrected chi connectivity index (χ0v) is 13.7. The fourth-order valence-electron chi connectivity index (χ4n) is 3.02. The van der Waals surface area contributed by atoms with E-state index in [0.717, 1.165) is 50.2 Å². The first-order valence-corrected chi connectivity index (χ1v) is 8.96. The summed E-state index contributed by atoms with van der Waals surface area (Å²) in [6.07, 6.45) is 3.11. The monoisotopic (exact) mass is 321 g/mol. The molecule has 0 amide bonds. The number of rotatable bonds is 5. The van der Waals surface area contributed by atoms with E-state index in [4.69, 9.17) is 4.55 Å². The minimum Gasteiger partial charge on any atom is -0.361 e. The molecule has 0 saturated carbocycles. The van der Waals surface area contributed by atoms with Gasteiger partial charge < -0.3 is 19.3 Å². The number of hydrogen-bond donors (Lipinski definition) is 2. The summed E-state index contributed by atoms with van der Waals surface area (Å²) in [5, 5.41) is 1.22. The lowest BCUT2D eigenvalue weighted by Gasteiger charge is -2.32. The van der Waals surface area contributed by atoms with Crippen molar-refractivity contribution >= 4 is 22.0 Å². The van der Waals surface area contributed by atoms with Gasteiger partial charge in [0.15, 0.2) is 11.1 Å². The van der Waals surface area contributed by atoms with Crippen LogP contribution in [0.15, 0.2) is 24.4 Å². The van der Waals surface area contributed by atoms with Gasteiger partial charge in [0.05, 0.1) is 5.75 Å². The maximum absolute atomic E-state index is 10.9. The summed E-state index contributed by atoms with van der Waals surface area (Å²) in [7, 11) is 2.17. The summed E-state index contributed by atoms with van der Waals surface area (Å²) in [5.74, 6) is 0.186. The molecule has 1 aliphatic heterocycles. The van der Waals surface area contributed by atoms with Gasteiger partial charge in [0.2, 0.25) is 0 Å². The van der Waals surface area contributed by atoms with E-state index < -0.39 is 11.1 Å². The third kappa shape index (κ3) is 3.76. The molecule has 0 bridgehead atoms. The number of fused-ring (bicyclic) bond motifs is 1. The molecule has 6 heteroatoms. The molecule has 1 saturated heterocycles. The summed E-state index contributed by atoms with van der Waals surface area (Å²) in [4.78, 5) is 8.18. The summed E-state index contributed by atoms with van der Waals surface area (Å²) in [6, 6.07) is 5.99. The van der Waals surface area contributed by atoms with E-state index in [1.165, 1.54) is 10.9 Å². The van der Waals surface area contributed by atoms with E-state index in [-0.39, 0.29) is 5.75 Å². The number of aromatic nitrogens is 1. The molecule has 22 heavy (non-hydrogen) atoms. The van der Waals surface area contributed by atoms with Crippen LogP contribution in [0.1, 0.15) is 11.1 Å². The number of piperazine rings is 1. The summed E-state index contributed by atoms with van der Waals surface area (Å²) < 4.78 is 19.9. The minimum atomic E-state index is -1.79. The van der Waals surface area contributed by atoms with Crippen LogP contribution in [0.2, 0.25) is 0 Å². The number of aromatic amines is 1. The van der Waals surface area contributed by atoms with Crippen LogP contribution >= 0.6 is 0 Å². The van der Waals surface area contributed by atoms with E-state index in [1.807, 2.05) is 12.1 Å². The Morgan fingerprint density at radius 2 is 2.05 bits per heavy atom.